The molecule has 0 fully saturated rings. The molecule has 0 spiro atoms. The van der Waals surface area contributed by atoms with E-state index in [0.717, 1.165) is 12.1 Å². The first kappa shape index (κ1) is 23.9. The number of unbranched alkanes of at least 4 members (excludes halogenated alkanes) is 1. The van der Waals surface area contributed by atoms with Gasteiger partial charge in [0, 0.05) is 0 Å². The molecule has 0 aliphatic rings. The number of benzene rings is 1. The summed E-state index contributed by atoms with van der Waals surface area (Å²) in [6.07, 6.45) is 2.74. The molecule has 7 heteroatoms. The van der Waals surface area contributed by atoms with Crippen molar-refractivity contribution < 1.29 is 14.8 Å². The van der Waals surface area contributed by atoms with Gasteiger partial charge >= 0.3 is 7.12 Å². The number of carbonyl (C=O) groups is 1. The number of amides is 1. The van der Waals surface area contributed by atoms with Crippen molar-refractivity contribution >= 4 is 13.0 Å². The molecule has 23 heavy (non-hydrogen) atoms. The van der Waals surface area contributed by atoms with Gasteiger partial charge in [0.15, 0.2) is 0 Å². The van der Waals surface area contributed by atoms with E-state index in [9.17, 15) is 4.79 Å². The molecule has 0 heterocycles. The van der Waals surface area contributed by atoms with Crippen molar-refractivity contribution in [3.05, 3.63) is 35.9 Å². The lowest BCUT2D eigenvalue weighted by Gasteiger charge is -2.17. The molecule has 0 bridgehead atoms. The molecule has 1 amide bonds. The summed E-state index contributed by atoms with van der Waals surface area (Å²) >= 11 is 0. The lowest BCUT2D eigenvalue weighted by Crippen LogP contribution is -2.49. The molecule has 0 aliphatic heterocycles. The van der Waals surface area contributed by atoms with Gasteiger partial charge in [0.05, 0.1) is 12.5 Å². The van der Waals surface area contributed by atoms with Crippen LogP contribution < -0.4 is 16.8 Å². The summed E-state index contributed by atoms with van der Waals surface area (Å²) in [4.78, 5) is 11.1. The number of rotatable bonds is 7. The van der Waals surface area contributed by atoms with Crippen LogP contribution in [0.25, 0.3) is 0 Å². The monoisotopic (exact) mass is 325 g/mol. The Morgan fingerprint density at radius 1 is 1.22 bits per heavy atom. The van der Waals surface area contributed by atoms with Crippen LogP contribution in [-0.2, 0) is 11.2 Å². The average Bonchev–Trinajstić information content (AvgIpc) is 2.58. The van der Waals surface area contributed by atoms with Crippen molar-refractivity contribution in [2.75, 3.05) is 13.1 Å². The minimum absolute atomic E-state index is 0.169. The van der Waals surface area contributed by atoms with Crippen molar-refractivity contribution in [2.24, 2.45) is 11.5 Å². The Morgan fingerprint density at radius 2 is 1.78 bits per heavy atom. The quantitative estimate of drug-likeness (QED) is 0.466. The first-order chi connectivity index (χ1) is 11.0. The smallest absolute Gasteiger partial charge is 0.426 e. The molecule has 0 saturated heterocycles. The van der Waals surface area contributed by atoms with E-state index in [-0.39, 0.29) is 6.54 Å². The molecule has 1 aromatic carbocycles. The van der Waals surface area contributed by atoms with Crippen LogP contribution in [-0.4, -0.2) is 42.1 Å². The molecule has 6 nitrogen and oxygen atoms in total. The van der Waals surface area contributed by atoms with Crippen molar-refractivity contribution in [2.45, 2.75) is 46.0 Å². The Balaban J connectivity index is 0. The molecular weight excluding hydrogens is 293 g/mol. The van der Waals surface area contributed by atoms with E-state index in [2.05, 4.69) is 12.2 Å². The van der Waals surface area contributed by atoms with Gasteiger partial charge < -0.3 is 26.8 Å². The van der Waals surface area contributed by atoms with Gasteiger partial charge in [-0.3, -0.25) is 4.79 Å². The molecule has 132 valence electrons. The predicted molar refractivity (Wildman–Crippen MR) is 96.6 cm³/mol. The highest BCUT2D eigenvalue weighted by Gasteiger charge is 2.24. The summed E-state index contributed by atoms with van der Waals surface area (Å²) in [5.41, 5.74) is 11.2. The van der Waals surface area contributed by atoms with E-state index in [4.69, 9.17) is 21.5 Å². The second-order valence-corrected chi connectivity index (χ2v) is 4.62. The molecule has 0 radical (unpaired) electrons. The summed E-state index contributed by atoms with van der Waals surface area (Å²) in [6.45, 7) is 6.81. The molecule has 1 rings (SSSR count). The zero-order valence-electron chi connectivity index (χ0n) is 14.5. The third-order valence-electron chi connectivity index (χ3n) is 2.75. The Kier molecular flexibility index (Phi) is 17.6. The van der Waals surface area contributed by atoms with Gasteiger partial charge in [-0.1, -0.05) is 57.5 Å². The largest absolute Gasteiger partial charge is 0.475 e. The third-order valence-corrected chi connectivity index (χ3v) is 2.75. The van der Waals surface area contributed by atoms with E-state index in [0.29, 0.717) is 6.42 Å². The summed E-state index contributed by atoms with van der Waals surface area (Å²) < 4.78 is 0. The molecule has 1 atom stereocenters. The second kappa shape index (κ2) is 17.0. The normalized spacial score (nSPS) is 10.4. The van der Waals surface area contributed by atoms with Crippen molar-refractivity contribution in [1.29, 1.82) is 0 Å². The van der Waals surface area contributed by atoms with E-state index >= 15 is 0 Å². The van der Waals surface area contributed by atoms with Crippen molar-refractivity contribution in [3.8, 4) is 0 Å². The zero-order chi connectivity index (χ0) is 18.1. The van der Waals surface area contributed by atoms with Crippen LogP contribution in [0.3, 0.4) is 0 Å². The summed E-state index contributed by atoms with van der Waals surface area (Å²) in [7, 11) is -1.60. The van der Waals surface area contributed by atoms with E-state index in [1.165, 1.54) is 12.8 Å². The second-order valence-electron chi connectivity index (χ2n) is 4.62. The SMILES string of the molecule is CC.CCCCN.NCC(=O)NC(Cc1ccccc1)B(O)O. The summed E-state index contributed by atoms with van der Waals surface area (Å²) in [6, 6.07) is 9.27. The van der Waals surface area contributed by atoms with Crippen LogP contribution in [0.1, 0.15) is 39.2 Å². The maximum Gasteiger partial charge on any atom is 0.475 e. The molecular formula is C16H32BN3O3. The van der Waals surface area contributed by atoms with Crippen LogP contribution in [0.4, 0.5) is 0 Å². The fraction of sp³-hybridized carbons (Fsp3) is 0.562. The van der Waals surface area contributed by atoms with Crippen molar-refractivity contribution in [1.82, 2.24) is 5.32 Å². The summed E-state index contributed by atoms with van der Waals surface area (Å²) in [5, 5.41) is 20.7. The Bertz CT molecular complexity index is 376. The molecule has 1 unspecified atom stereocenters. The van der Waals surface area contributed by atoms with Gasteiger partial charge in [0.1, 0.15) is 0 Å². The van der Waals surface area contributed by atoms with Gasteiger partial charge in [-0.25, -0.2) is 0 Å². The standard InChI is InChI=1S/C10H15BN2O3.C4H11N.C2H6/c12-7-10(14)13-9(11(15)16)6-8-4-2-1-3-5-8;1-2-3-4-5;1-2/h1-5,9,15-16H,6-7,12H2,(H,13,14);2-5H2,1H3;1-2H3. The lowest BCUT2D eigenvalue weighted by molar-refractivity contribution is -0.120. The van der Waals surface area contributed by atoms with Gasteiger partial charge in [-0.05, 0) is 24.9 Å². The Morgan fingerprint density at radius 3 is 2.13 bits per heavy atom. The fourth-order valence-corrected chi connectivity index (χ4v) is 1.57. The third kappa shape index (κ3) is 13.9. The Hall–Kier alpha value is -1.41. The van der Waals surface area contributed by atoms with Gasteiger partial charge in [-0.15, -0.1) is 0 Å². The first-order valence-electron chi connectivity index (χ1n) is 8.14. The van der Waals surface area contributed by atoms with Crippen molar-refractivity contribution in [3.63, 3.8) is 0 Å². The van der Waals surface area contributed by atoms with Gasteiger partial charge in [-0.2, -0.15) is 0 Å². The number of nitrogens with two attached hydrogens (primary N) is 2. The fourth-order valence-electron chi connectivity index (χ4n) is 1.57. The lowest BCUT2D eigenvalue weighted by atomic mass is 9.76. The molecule has 0 aromatic heterocycles. The zero-order valence-corrected chi connectivity index (χ0v) is 14.5. The van der Waals surface area contributed by atoms with Crippen LogP contribution in [0, 0.1) is 0 Å². The molecule has 0 aliphatic carbocycles. The van der Waals surface area contributed by atoms with Crippen LogP contribution in [0.15, 0.2) is 30.3 Å². The van der Waals surface area contributed by atoms with Crippen LogP contribution >= 0.6 is 0 Å². The van der Waals surface area contributed by atoms with E-state index < -0.39 is 19.0 Å². The molecule has 0 saturated carbocycles. The van der Waals surface area contributed by atoms with E-state index in [1.54, 1.807) is 0 Å². The average molecular weight is 325 g/mol. The highest BCUT2D eigenvalue weighted by atomic mass is 16.4. The number of hydrogen-bond donors (Lipinski definition) is 5. The topological polar surface area (TPSA) is 122 Å². The maximum absolute atomic E-state index is 11.1. The summed E-state index contributed by atoms with van der Waals surface area (Å²) in [5.74, 6) is -1.15. The minimum Gasteiger partial charge on any atom is -0.426 e. The number of carbonyl (C=O) groups excluding carboxylic acids is 1. The van der Waals surface area contributed by atoms with Crippen LogP contribution in [0.5, 0.6) is 0 Å². The van der Waals surface area contributed by atoms with Gasteiger partial charge in [0.2, 0.25) is 5.91 Å². The minimum atomic E-state index is -1.60. The van der Waals surface area contributed by atoms with E-state index in [1.807, 2.05) is 44.2 Å². The Labute approximate surface area is 140 Å². The highest BCUT2D eigenvalue weighted by Crippen LogP contribution is 2.03. The molecule has 7 N–H and O–H groups in total. The number of hydrogen-bond acceptors (Lipinski definition) is 5. The molecule has 1 aromatic rings. The maximum atomic E-state index is 11.1. The first-order valence-corrected chi connectivity index (χ1v) is 8.14. The van der Waals surface area contributed by atoms with Gasteiger partial charge in [0.25, 0.3) is 0 Å². The van der Waals surface area contributed by atoms with Crippen LogP contribution in [0.2, 0.25) is 0 Å². The number of nitrogens with one attached hydrogen (secondary N) is 1. The highest BCUT2D eigenvalue weighted by molar-refractivity contribution is 6.43. The predicted octanol–water partition coefficient (Wildman–Crippen LogP) is 0.456.